The summed E-state index contributed by atoms with van der Waals surface area (Å²) in [7, 11) is 0. The Bertz CT molecular complexity index is 620. The van der Waals surface area contributed by atoms with E-state index in [1.165, 1.54) is 0 Å². The Morgan fingerprint density at radius 1 is 1.05 bits per heavy atom. The molecule has 19 heavy (non-hydrogen) atoms. The molecule has 1 aliphatic rings. The van der Waals surface area contributed by atoms with Gasteiger partial charge in [-0.25, -0.2) is 0 Å². The standard InChI is InChI=1S/C16H14N2O/c1-2-13-7-6-10-15(11-13)18-17-12-16(19-18)14-8-4-3-5-9-14/h2-12,17H,1H2. The average Bonchev–Trinajstić information content (AvgIpc) is 2.98. The first kappa shape index (κ1) is 11.4. The molecule has 94 valence electrons. The van der Waals surface area contributed by atoms with Crippen molar-refractivity contribution >= 4 is 17.5 Å². The minimum Gasteiger partial charge on any atom is -0.357 e. The average molecular weight is 250 g/mol. The number of hydrogen-bond acceptors (Lipinski definition) is 3. The fourth-order valence-corrected chi connectivity index (χ4v) is 1.91. The largest absolute Gasteiger partial charge is 0.357 e. The molecular weight excluding hydrogens is 236 g/mol. The normalized spacial score (nSPS) is 13.5. The molecular formula is C16H14N2O. The quantitative estimate of drug-likeness (QED) is 0.901. The number of nitrogens with zero attached hydrogens (tertiary/aromatic N) is 1. The summed E-state index contributed by atoms with van der Waals surface area (Å²) in [6.45, 7) is 3.77. The first-order valence-corrected chi connectivity index (χ1v) is 6.09. The summed E-state index contributed by atoms with van der Waals surface area (Å²) >= 11 is 0. The van der Waals surface area contributed by atoms with Crippen LogP contribution in [0.5, 0.6) is 0 Å². The summed E-state index contributed by atoms with van der Waals surface area (Å²) in [5.74, 6) is 0.796. The molecule has 3 rings (SSSR count). The van der Waals surface area contributed by atoms with Gasteiger partial charge in [-0.3, -0.25) is 5.43 Å². The third-order valence-electron chi connectivity index (χ3n) is 2.90. The van der Waals surface area contributed by atoms with Gasteiger partial charge < -0.3 is 4.84 Å². The fourth-order valence-electron chi connectivity index (χ4n) is 1.91. The van der Waals surface area contributed by atoms with E-state index in [1.807, 2.05) is 66.9 Å². The summed E-state index contributed by atoms with van der Waals surface area (Å²) in [5, 5.41) is 1.63. The van der Waals surface area contributed by atoms with Crippen LogP contribution in [0.1, 0.15) is 11.1 Å². The van der Waals surface area contributed by atoms with Crippen molar-refractivity contribution in [3.63, 3.8) is 0 Å². The van der Waals surface area contributed by atoms with Gasteiger partial charge in [0.05, 0.1) is 11.9 Å². The molecule has 0 saturated carbocycles. The molecule has 0 atom stereocenters. The van der Waals surface area contributed by atoms with E-state index in [9.17, 15) is 0 Å². The van der Waals surface area contributed by atoms with E-state index in [2.05, 4.69) is 12.0 Å². The molecule has 0 amide bonds. The Morgan fingerprint density at radius 3 is 2.68 bits per heavy atom. The molecule has 3 heteroatoms. The van der Waals surface area contributed by atoms with Crippen LogP contribution in [0.25, 0.3) is 11.8 Å². The first-order valence-electron chi connectivity index (χ1n) is 6.09. The molecule has 2 aromatic rings. The third kappa shape index (κ3) is 2.31. The third-order valence-corrected chi connectivity index (χ3v) is 2.90. The lowest BCUT2D eigenvalue weighted by Gasteiger charge is -2.18. The minimum absolute atomic E-state index is 0.796. The number of anilines is 1. The minimum atomic E-state index is 0.796. The first-order chi connectivity index (χ1) is 9.36. The van der Waals surface area contributed by atoms with Crippen LogP contribution in [0.2, 0.25) is 0 Å². The van der Waals surface area contributed by atoms with Crippen molar-refractivity contribution in [3.05, 3.63) is 78.5 Å². The summed E-state index contributed by atoms with van der Waals surface area (Å²) in [5.41, 5.74) is 6.11. The van der Waals surface area contributed by atoms with E-state index in [-0.39, 0.29) is 0 Å². The molecule has 0 spiro atoms. The van der Waals surface area contributed by atoms with Crippen molar-refractivity contribution < 1.29 is 4.84 Å². The van der Waals surface area contributed by atoms with Gasteiger partial charge in [0.25, 0.3) is 0 Å². The maximum absolute atomic E-state index is 5.78. The molecule has 0 aliphatic carbocycles. The van der Waals surface area contributed by atoms with Gasteiger partial charge in [0.2, 0.25) is 0 Å². The highest BCUT2D eigenvalue weighted by Gasteiger charge is 2.17. The van der Waals surface area contributed by atoms with Crippen LogP contribution >= 0.6 is 0 Å². The zero-order valence-corrected chi connectivity index (χ0v) is 10.4. The Kier molecular flexibility index (Phi) is 2.94. The molecule has 0 aromatic heterocycles. The van der Waals surface area contributed by atoms with E-state index in [0.29, 0.717) is 0 Å². The van der Waals surface area contributed by atoms with Gasteiger partial charge in [0.1, 0.15) is 0 Å². The second kappa shape index (κ2) is 4.90. The summed E-state index contributed by atoms with van der Waals surface area (Å²) in [4.78, 5) is 5.78. The molecule has 0 fully saturated rings. The lowest BCUT2D eigenvalue weighted by atomic mass is 10.2. The Balaban J connectivity index is 1.79. The zero-order valence-electron chi connectivity index (χ0n) is 10.4. The predicted octanol–water partition coefficient (Wildman–Crippen LogP) is 3.58. The van der Waals surface area contributed by atoms with Gasteiger partial charge in [-0.1, -0.05) is 55.1 Å². The van der Waals surface area contributed by atoms with Gasteiger partial charge in [-0.05, 0) is 17.7 Å². The molecule has 1 aliphatic heterocycles. The zero-order chi connectivity index (χ0) is 13.1. The Morgan fingerprint density at radius 2 is 1.89 bits per heavy atom. The number of nitrogens with one attached hydrogen (secondary N) is 1. The highest BCUT2D eigenvalue weighted by molar-refractivity contribution is 5.64. The second-order valence-electron chi connectivity index (χ2n) is 4.19. The monoisotopic (exact) mass is 250 g/mol. The molecule has 1 heterocycles. The van der Waals surface area contributed by atoms with E-state index in [0.717, 1.165) is 22.6 Å². The number of hydrazine groups is 1. The highest BCUT2D eigenvalue weighted by Crippen LogP contribution is 2.25. The molecule has 2 aromatic carbocycles. The van der Waals surface area contributed by atoms with E-state index in [1.54, 1.807) is 5.17 Å². The Labute approximate surface area is 112 Å². The molecule has 0 unspecified atom stereocenters. The topological polar surface area (TPSA) is 24.5 Å². The molecule has 0 radical (unpaired) electrons. The summed E-state index contributed by atoms with van der Waals surface area (Å²) in [6.07, 6.45) is 3.65. The smallest absolute Gasteiger partial charge is 0.182 e. The summed E-state index contributed by atoms with van der Waals surface area (Å²) in [6, 6.07) is 17.9. The highest BCUT2D eigenvalue weighted by atomic mass is 16.7. The van der Waals surface area contributed by atoms with Crippen molar-refractivity contribution in [1.29, 1.82) is 0 Å². The van der Waals surface area contributed by atoms with Crippen LogP contribution in [0, 0.1) is 0 Å². The van der Waals surface area contributed by atoms with Crippen molar-refractivity contribution in [1.82, 2.24) is 5.43 Å². The van der Waals surface area contributed by atoms with Gasteiger partial charge in [-0.2, -0.15) is 0 Å². The van der Waals surface area contributed by atoms with Gasteiger partial charge >= 0.3 is 0 Å². The number of hydrogen-bond donors (Lipinski definition) is 1. The van der Waals surface area contributed by atoms with Crippen molar-refractivity contribution in [2.24, 2.45) is 0 Å². The van der Waals surface area contributed by atoms with Crippen LogP contribution in [0.4, 0.5) is 5.69 Å². The maximum Gasteiger partial charge on any atom is 0.182 e. The van der Waals surface area contributed by atoms with E-state index in [4.69, 9.17) is 4.84 Å². The molecule has 0 saturated heterocycles. The van der Waals surface area contributed by atoms with Gasteiger partial charge in [0.15, 0.2) is 5.76 Å². The number of rotatable bonds is 3. The predicted molar refractivity (Wildman–Crippen MR) is 77.7 cm³/mol. The van der Waals surface area contributed by atoms with Crippen molar-refractivity contribution in [3.8, 4) is 0 Å². The van der Waals surface area contributed by atoms with Crippen LogP contribution in [-0.2, 0) is 4.84 Å². The van der Waals surface area contributed by atoms with Crippen LogP contribution in [0.15, 0.2) is 67.4 Å². The van der Waals surface area contributed by atoms with Crippen molar-refractivity contribution in [2.75, 3.05) is 5.17 Å². The van der Waals surface area contributed by atoms with Crippen LogP contribution < -0.4 is 10.6 Å². The van der Waals surface area contributed by atoms with Crippen LogP contribution in [0.3, 0.4) is 0 Å². The van der Waals surface area contributed by atoms with Gasteiger partial charge in [-0.15, -0.1) is 5.17 Å². The van der Waals surface area contributed by atoms with Crippen LogP contribution in [-0.4, -0.2) is 0 Å². The fraction of sp³-hybridized carbons (Fsp3) is 0. The molecule has 1 N–H and O–H groups in total. The SMILES string of the molecule is C=Cc1cccc(N2NC=C(c3ccccc3)O2)c1. The molecule has 0 bridgehead atoms. The lowest BCUT2D eigenvalue weighted by Crippen LogP contribution is -2.28. The maximum atomic E-state index is 5.78. The van der Waals surface area contributed by atoms with Crippen molar-refractivity contribution in [2.45, 2.75) is 0 Å². The van der Waals surface area contributed by atoms with E-state index >= 15 is 0 Å². The van der Waals surface area contributed by atoms with E-state index < -0.39 is 0 Å². The lowest BCUT2D eigenvalue weighted by molar-refractivity contribution is 0.243. The number of benzene rings is 2. The van der Waals surface area contributed by atoms with Gasteiger partial charge in [0, 0.05) is 5.56 Å². The Hall–Kier alpha value is -2.68. The molecule has 3 nitrogen and oxygen atoms in total. The second-order valence-corrected chi connectivity index (χ2v) is 4.19. The summed E-state index contributed by atoms with van der Waals surface area (Å²) < 4.78 is 0.